The van der Waals surface area contributed by atoms with Gasteiger partial charge in [0, 0.05) is 55.2 Å². The molecule has 1 aromatic carbocycles. The van der Waals surface area contributed by atoms with Gasteiger partial charge in [-0.25, -0.2) is 4.68 Å². The highest BCUT2D eigenvalue weighted by atomic mass is 79.9. The number of aromatic nitrogens is 4. The van der Waals surface area contributed by atoms with Gasteiger partial charge < -0.3 is 5.32 Å². The Hall–Kier alpha value is -2.09. The minimum atomic E-state index is 0.800. The number of rotatable bonds is 4. The number of pyridine rings is 1. The van der Waals surface area contributed by atoms with Crippen molar-refractivity contribution in [3.8, 4) is 16.9 Å². The van der Waals surface area contributed by atoms with Gasteiger partial charge in [0.2, 0.25) is 0 Å². The summed E-state index contributed by atoms with van der Waals surface area (Å²) in [4.78, 5) is 6.57. The van der Waals surface area contributed by atoms with Crippen LogP contribution in [0, 0.1) is 6.92 Å². The van der Waals surface area contributed by atoms with Crippen molar-refractivity contribution in [2.75, 3.05) is 26.2 Å². The summed E-state index contributed by atoms with van der Waals surface area (Å²) in [5, 5.41) is 12.4. The Kier molecular flexibility index (Phi) is 5.10. The highest BCUT2D eigenvalue weighted by molar-refractivity contribution is 9.10. The van der Waals surface area contributed by atoms with E-state index < -0.39 is 0 Å². The molecule has 0 bridgehead atoms. The molecule has 0 spiro atoms. The van der Waals surface area contributed by atoms with E-state index in [0.717, 1.165) is 59.8 Å². The third-order valence-corrected chi connectivity index (χ3v) is 5.55. The van der Waals surface area contributed by atoms with Gasteiger partial charge >= 0.3 is 0 Å². The predicted octanol–water partition coefficient (Wildman–Crippen LogP) is 2.81. The molecule has 0 radical (unpaired) electrons. The van der Waals surface area contributed by atoms with E-state index in [4.69, 9.17) is 0 Å². The van der Waals surface area contributed by atoms with Crippen LogP contribution in [0.3, 0.4) is 0 Å². The lowest BCUT2D eigenvalue weighted by Gasteiger charge is -2.26. The predicted molar refractivity (Wildman–Crippen MR) is 105 cm³/mol. The molecule has 26 heavy (non-hydrogen) atoms. The first-order valence-electron chi connectivity index (χ1n) is 8.77. The average molecular weight is 413 g/mol. The van der Waals surface area contributed by atoms with E-state index in [9.17, 15) is 0 Å². The van der Waals surface area contributed by atoms with Crippen LogP contribution < -0.4 is 5.32 Å². The Balaban J connectivity index is 1.77. The standard InChI is InChI=1S/C19H21BrN6/c1-14-12-16(2-3-17(14)20)26-19(15-4-6-21-7-5-15)18(23-24-26)13-25-10-8-22-9-11-25/h2-7,12,22H,8-11,13H2,1H3. The molecule has 0 saturated carbocycles. The molecule has 4 rings (SSSR count). The summed E-state index contributed by atoms with van der Waals surface area (Å²) in [5.74, 6) is 0. The zero-order valence-corrected chi connectivity index (χ0v) is 16.3. The van der Waals surface area contributed by atoms with Gasteiger partial charge in [-0.05, 0) is 42.8 Å². The number of nitrogens with one attached hydrogen (secondary N) is 1. The van der Waals surface area contributed by atoms with Crippen LogP contribution in [-0.4, -0.2) is 51.1 Å². The summed E-state index contributed by atoms with van der Waals surface area (Å²) in [6.45, 7) is 6.97. The van der Waals surface area contributed by atoms with Gasteiger partial charge in [-0.3, -0.25) is 9.88 Å². The van der Waals surface area contributed by atoms with Crippen LogP contribution in [0.15, 0.2) is 47.2 Å². The number of benzene rings is 1. The van der Waals surface area contributed by atoms with E-state index in [1.807, 2.05) is 29.2 Å². The summed E-state index contributed by atoms with van der Waals surface area (Å²) < 4.78 is 3.03. The zero-order chi connectivity index (χ0) is 17.9. The Labute approximate surface area is 161 Å². The maximum absolute atomic E-state index is 4.53. The van der Waals surface area contributed by atoms with Crippen molar-refractivity contribution in [1.82, 2.24) is 30.2 Å². The molecular formula is C19H21BrN6. The normalized spacial score (nSPS) is 15.3. The first-order valence-corrected chi connectivity index (χ1v) is 9.56. The Morgan fingerprint density at radius 2 is 1.88 bits per heavy atom. The van der Waals surface area contributed by atoms with Gasteiger partial charge in [0.25, 0.3) is 0 Å². The van der Waals surface area contributed by atoms with E-state index in [2.05, 4.69) is 66.6 Å². The molecule has 1 aliphatic rings. The SMILES string of the molecule is Cc1cc(-n2nnc(CN3CCNCC3)c2-c2ccncc2)ccc1Br. The van der Waals surface area contributed by atoms with Crippen molar-refractivity contribution in [1.29, 1.82) is 0 Å². The Morgan fingerprint density at radius 3 is 2.62 bits per heavy atom. The van der Waals surface area contributed by atoms with Gasteiger partial charge in [-0.2, -0.15) is 0 Å². The highest BCUT2D eigenvalue weighted by Crippen LogP contribution is 2.27. The fourth-order valence-corrected chi connectivity index (χ4v) is 3.49. The van der Waals surface area contributed by atoms with Crippen LogP contribution in [0.5, 0.6) is 0 Å². The third-order valence-electron chi connectivity index (χ3n) is 4.66. The van der Waals surface area contributed by atoms with Crippen LogP contribution in [0.2, 0.25) is 0 Å². The van der Waals surface area contributed by atoms with E-state index in [1.165, 1.54) is 5.56 Å². The van der Waals surface area contributed by atoms with E-state index in [1.54, 1.807) is 0 Å². The molecule has 0 unspecified atom stereocenters. The topological polar surface area (TPSA) is 58.9 Å². The monoisotopic (exact) mass is 412 g/mol. The maximum Gasteiger partial charge on any atom is 0.105 e. The van der Waals surface area contributed by atoms with Crippen molar-refractivity contribution >= 4 is 15.9 Å². The van der Waals surface area contributed by atoms with E-state index in [0.29, 0.717) is 0 Å². The van der Waals surface area contributed by atoms with E-state index in [-0.39, 0.29) is 0 Å². The number of aryl methyl sites for hydroxylation is 1. The molecule has 7 heteroatoms. The van der Waals surface area contributed by atoms with Gasteiger partial charge in [0.15, 0.2) is 0 Å². The van der Waals surface area contributed by atoms with Crippen molar-refractivity contribution in [2.45, 2.75) is 13.5 Å². The first kappa shape index (κ1) is 17.3. The lowest BCUT2D eigenvalue weighted by molar-refractivity contribution is 0.231. The van der Waals surface area contributed by atoms with Crippen molar-refractivity contribution < 1.29 is 0 Å². The van der Waals surface area contributed by atoms with Crippen LogP contribution in [0.25, 0.3) is 16.9 Å². The maximum atomic E-state index is 4.53. The summed E-state index contributed by atoms with van der Waals surface area (Å²) >= 11 is 3.57. The number of hydrogen-bond acceptors (Lipinski definition) is 5. The lowest BCUT2D eigenvalue weighted by atomic mass is 10.1. The lowest BCUT2D eigenvalue weighted by Crippen LogP contribution is -2.43. The smallest absolute Gasteiger partial charge is 0.105 e. The largest absolute Gasteiger partial charge is 0.314 e. The molecule has 0 atom stereocenters. The molecule has 1 aliphatic heterocycles. The summed E-state index contributed by atoms with van der Waals surface area (Å²) in [6, 6.07) is 10.3. The Bertz CT molecular complexity index is 886. The molecule has 134 valence electrons. The van der Waals surface area contributed by atoms with Crippen LogP contribution in [0.4, 0.5) is 0 Å². The third kappa shape index (κ3) is 3.56. The molecule has 1 saturated heterocycles. The van der Waals surface area contributed by atoms with Gasteiger partial charge in [-0.15, -0.1) is 5.10 Å². The quantitative estimate of drug-likeness (QED) is 0.713. The Morgan fingerprint density at radius 1 is 1.12 bits per heavy atom. The fourth-order valence-electron chi connectivity index (χ4n) is 3.24. The second-order valence-electron chi connectivity index (χ2n) is 6.49. The molecule has 0 amide bonds. The number of hydrogen-bond donors (Lipinski definition) is 1. The minimum Gasteiger partial charge on any atom is -0.314 e. The molecule has 1 N–H and O–H groups in total. The van der Waals surface area contributed by atoms with Crippen LogP contribution in [-0.2, 0) is 6.54 Å². The summed E-state index contributed by atoms with van der Waals surface area (Å²) in [5.41, 5.74) is 5.29. The molecule has 3 heterocycles. The molecule has 2 aromatic heterocycles. The van der Waals surface area contributed by atoms with Crippen molar-refractivity contribution in [2.24, 2.45) is 0 Å². The highest BCUT2D eigenvalue weighted by Gasteiger charge is 2.20. The molecule has 0 aliphatic carbocycles. The number of halogens is 1. The fraction of sp³-hybridized carbons (Fsp3) is 0.316. The molecule has 1 fully saturated rings. The zero-order valence-electron chi connectivity index (χ0n) is 14.7. The van der Waals surface area contributed by atoms with E-state index >= 15 is 0 Å². The second kappa shape index (κ2) is 7.65. The minimum absolute atomic E-state index is 0.800. The average Bonchev–Trinajstić information content (AvgIpc) is 3.09. The molecule has 6 nitrogen and oxygen atoms in total. The molecular weight excluding hydrogens is 392 g/mol. The number of nitrogens with zero attached hydrogens (tertiary/aromatic N) is 5. The van der Waals surface area contributed by atoms with Gasteiger partial charge in [-0.1, -0.05) is 21.1 Å². The summed E-state index contributed by atoms with van der Waals surface area (Å²) in [7, 11) is 0. The van der Waals surface area contributed by atoms with Crippen LogP contribution in [0.1, 0.15) is 11.3 Å². The van der Waals surface area contributed by atoms with Crippen LogP contribution >= 0.6 is 15.9 Å². The van der Waals surface area contributed by atoms with Gasteiger partial charge in [0.05, 0.1) is 11.4 Å². The molecule has 3 aromatic rings. The van der Waals surface area contributed by atoms with Crippen molar-refractivity contribution in [3.05, 3.63) is 58.5 Å². The van der Waals surface area contributed by atoms with Gasteiger partial charge in [0.1, 0.15) is 5.69 Å². The second-order valence-corrected chi connectivity index (χ2v) is 7.35. The summed E-state index contributed by atoms with van der Waals surface area (Å²) in [6.07, 6.45) is 3.63. The number of piperazine rings is 1. The van der Waals surface area contributed by atoms with Crippen molar-refractivity contribution in [3.63, 3.8) is 0 Å². The first-order chi connectivity index (χ1) is 12.7.